The first-order chi connectivity index (χ1) is 16.0. The first-order valence-electron chi connectivity index (χ1n) is 10.8. The van der Waals surface area contributed by atoms with Crippen LogP contribution in [0, 0.1) is 12.3 Å². The average Bonchev–Trinajstić information content (AvgIpc) is 3.33. The lowest BCUT2D eigenvalue weighted by Gasteiger charge is -2.30. The van der Waals surface area contributed by atoms with Crippen LogP contribution in [0.5, 0.6) is 0 Å². The molecule has 1 unspecified atom stereocenters. The van der Waals surface area contributed by atoms with E-state index < -0.39 is 24.0 Å². The van der Waals surface area contributed by atoms with Crippen LogP contribution in [0.2, 0.25) is 0 Å². The average molecular weight is 470 g/mol. The number of nitrogens with one attached hydrogen (secondary N) is 1. The number of nitrogens with zero attached hydrogens (tertiary/aromatic N) is 2. The summed E-state index contributed by atoms with van der Waals surface area (Å²) < 4.78 is 10.1. The third-order valence-electron chi connectivity index (χ3n) is 5.30. The van der Waals surface area contributed by atoms with Crippen molar-refractivity contribution >= 4 is 29.3 Å². The molecule has 3 rings (SSSR count). The highest BCUT2D eigenvalue weighted by atomic mass is 32.1. The van der Waals surface area contributed by atoms with Crippen molar-refractivity contribution in [2.75, 3.05) is 26.3 Å². The number of aromatic nitrogens is 1. The van der Waals surface area contributed by atoms with E-state index in [1.807, 2.05) is 30.3 Å². The Kier molecular flexibility index (Phi) is 8.84. The predicted octanol–water partition coefficient (Wildman–Crippen LogP) is 3.00. The van der Waals surface area contributed by atoms with E-state index in [9.17, 15) is 14.4 Å². The summed E-state index contributed by atoms with van der Waals surface area (Å²) in [4.78, 5) is 43.3. The van der Waals surface area contributed by atoms with E-state index in [1.54, 1.807) is 17.2 Å². The lowest BCUT2D eigenvalue weighted by molar-refractivity contribution is -0.145. The van der Waals surface area contributed by atoms with Crippen molar-refractivity contribution in [1.82, 2.24) is 15.2 Å². The molecule has 174 valence electrons. The molecule has 1 atom stereocenters. The van der Waals surface area contributed by atoms with Crippen LogP contribution >= 0.6 is 11.3 Å². The highest BCUT2D eigenvalue weighted by molar-refractivity contribution is 7.09. The van der Waals surface area contributed by atoms with Gasteiger partial charge >= 0.3 is 12.1 Å². The normalized spacial score (nSPS) is 14.7. The molecule has 1 aliphatic heterocycles. The zero-order chi connectivity index (χ0) is 23.6. The van der Waals surface area contributed by atoms with E-state index in [-0.39, 0.29) is 24.8 Å². The lowest BCUT2D eigenvalue weighted by atomic mass is 9.98. The Balaban J connectivity index is 1.59. The molecule has 8 nitrogen and oxygen atoms in total. The third kappa shape index (κ3) is 6.80. The van der Waals surface area contributed by atoms with Crippen molar-refractivity contribution in [2.24, 2.45) is 0 Å². The quantitative estimate of drug-likeness (QED) is 0.472. The second kappa shape index (κ2) is 12.0. The molecule has 0 bridgehead atoms. The first-order valence-corrected chi connectivity index (χ1v) is 11.7. The minimum atomic E-state index is -0.803. The van der Waals surface area contributed by atoms with Gasteiger partial charge in [0.25, 0.3) is 5.91 Å². The summed E-state index contributed by atoms with van der Waals surface area (Å²) in [5.74, 6) is 1.54. The molecule has 1 aliphatic rings. The topological polar surface area (TPSA) is 97.8 Å². The predicted molar refractivity (Wildman–Crippen MR) is 124 cm³/mol. The molecule has 0 radical (unpaired) electrons. The summed E-state index contributed by atoms with van der Waals surface area (Å²) in [6.45, 7) is 3.00. The van der Waals surface area contributed by atoms with Crippen molar-refractivity contribution in [3.05, 3.63) is 52.0 Å². The number of likely N-dealkylation sites (tertiary alicyclic amines) is 1. The van der Waals surface area contributed by atoms with E-state index in [0.29, 0.717) is 19.5 Å². The Morgan fingerprint density at radius 1 is 1.24 bits per heavy atom. The molecular formula is C24H27N3O5S. The van der Waals surface area contributed by atoms with Gasteiger partial charge in [0.1, 0.15) is 11.7 Å². The van der Waals surface area contributed by atoms with Crippen LogP contribution in [0.4, 0.5) is 4.79 Å². The fraction of sp³-hybridized carbons (Fsp3) is 0.417. The zero-order valence-corrected chi connectivity index (χ0v) is 19.3. The number of carbonyl (C=O) groups excluding carboxylic acids is 3. The largest absolute Gasteiger partial charge is 0.464 e. The molecule has 1 aromatic heterocycles. The number of carbonyl (C=O) groups is 3. The number of terminal acetylenes is 1. The Hall–Kier alpha value is -3.38. The van der Waals surface area contributed by atoms with Crippen molar-refractivity contribution in [3.63, 3.8) is 0 Å². The van der Waals surface area contributed by atoms with E-state index in [4.69, 9.17) is 15.9 Å². The first kappa shape index (κ1) is 24.3. The summed E-state index contributed by atoms with van der Waals surface area (Å²) in [6.07, 6.45) is 6.48. The van der Waals surface area contributed by atoms with Crippen LogP contribution in [-0.4, -0.2) is 60.2 Å². The monoisotopic (exact) mass is 469 g/mol. The van der Waals surface area contributed by atoms with Gasteiger partial charge in [-0.15, -0.1) is 17.8 Å². The number of piperidine rings is 1. The Morgan fingerprint density at radius 2 is 1.97 bits per heavy atom. The lowest BCUT2D eigenvalue weighted by Crippen LogP contribution is -2.43. The van der Waals surface area contributed by atoms with Gasteiger partial charge < -0.3 is 19.7 Å². The fourth-order valence-corrected chi connectivity index (χ4v) is 4.57. The van der Waals surface area contributed by atoms with Gasteiger partial charge in [0.15, 0.2) is 6.61 Å². The Morgan fingerprint density at radius 3 is 2.64 bits per heavy atom. The van der Waals surface area contributed by atoms with Crippen LogP contribution in [0.25, 0.3) is 0 Å². The van der Waals surface area contributed by atoms with Crippen LogP contribution < -0.4 is 5.32 Å². The molecule has 1 N–H and O–H groups in total. The summed E-state index contributed by atoms with van der Waals surface area (Å²) in [5.41, 5.74) is 1.19. The molecule has 1 aromatic carbocycles. The molecule has 0 saturated carbocycles. The maximum absolute atomic E-state index is 12.8. The summed E-state index contributed by atoms with van der Waals surface area (Å²) in [7, 11) is 0. The minimum absolute atomic E-state index is 0.0409. The summed E-state index contributed by atoms with van der Waals surface area (Å²) >= 11 is 1.41. The number of hydrogen-bond acceptors (Lipinski definition) is 7. The van der Waals surface area contributed by atoms with Gasteiger partial charge in [0.2, 0.25) is 0 Å². The molecule has 33 heavy (non-hydrogen) atoms. The number of esters is 1. The number of rotatable bonds is 8. The van der Waals surface area contributed by atoms with Gasteiger partial charge in [-0.3, -0.25) is 4.79 Å². The van der Waals surface area contributed by atoms with Gasteiger partial charge in [-0.05, 0) is 25.3 Å². The van der Waals surface area contributed by atoms with E-state index in [2.05, 4.69) is 16.2 Å². The molecule has 0 aliphatic carbocycles. The molecule has 1 saturated heterocycles. The van der Waals surface area contributed by atoms with Gasteiger partial charge in [0.05, 0.1) is 11.6 Å². The van der Waals surface area contributed by atoms with E-state index in [0.717, 1.165) is 23.4 Å². The minimum Gasteiger partial charge on any atom is -0.464 e. The van der Waals surface area contributed by atoms with E-state index in [1.165, 1.54) is 11.3 Å². The van der Waals surface area contributed by atoms with Gasteiger partial charge in [-0.2, -0.15) is 0 Å². The van der Waals surface area contributed by atoms with Crippen LogP contribution in [0.15, 0.2) is 35.7 Å². The van der Waals surface area contributed by atoms with Gasteiger partial charge in [-0.25, -0.2) is 14.6 Å². The molecule has 0 spiro atoms. The number of hydrogen-bond donors (Lipinski definition) is 1. The highest BCUT2D eigenvalue weighted by Gasteiger charge is 2.28. The number of ether oxygens (including phenoxy) is 2. The number of amides is 2. The maximum atomic E-state index is 12.8. The van der Waals surface area contributed by atoms with Crippen molar-refractivity contribution < 1.29 is 23.9 Å². The van der Waals surface area contributed by atoms with Crippen molar-refractivity contribution in [2.45, 2.75) is 38.1 Å². The second-order valence-corrected chi connectivity index (χ2v) is 8.45. The molecular weight excluding hydrogens is 442 g/mol. The molecule has 2 heterocycles. The number of benzene rings is 1. The second-order valence-electron chi connectivity index (χ2n) is 7.56. The van der Waals surface area contributed by atoms with Crippen molar-refractivity contribution in [3.8, 4) is 12.3 Å². The number of thiazole rings is 1. The highest BCUT2D eigenvalue weighted by Crippen LogP contribution is 2.30. The van der Waals surface area contributed by atoms with E-state index >= 15 is 0 Å². The zero-order valence-electron chi connectivity index (χ0n) is 18.5. The molecule has 9 heteroatoms. The third-order valence-corrected chi connectivity index (χ3v) is 6.30. The molecule has 1 fully saturated rings. The molecule has 2 amide bonds. The van der Waals surface area contributed by atoms with Crippen molar-refractivity contribution in [1.29, 1.82) is 0 Å². The SMILES string of the molecule is C#CCOC(=O)N1CCC(c2nc(C(=O)NC(Cc3ccccc3)C(=O)OCC)cs2)CC1. The smallest absolute Gasteiger partial charge is 0.410 e. The standard InChI is InChI=1S/C24H27N3O5S/c1-3-14-32-24(30)27-12-10-18(11-13-27)22-26-20(16-33-22)21(28)25-19(23(29)31-4-2)15-17-8-6-5-7-9-17/h1,5-9,16,18-19H,4,10-15H2,2H3,(H,25,28). The van der Waals surface area contributed by atoms with Gasteiger partial charge in [0, 0.05) is 30.8 Å². The summed E-state index contributed by atoms with van der Waals surface area (Å²) in [6, 6.07) is 8.64. The van der Waals surface area contributed by atoms with Crippen LogP contribution in [-0.2, 0) is 20.7 Å². The van der Waals surface area contributed by atoms with Crippen LogP contribution in [0.1, 0.15) is 46.7 Å². The molecule has 2 aromatic rings. The Labute approximate surface area is 197 Å². The summed E-state index contributed by atoms with van der Waals surface area (Å²) in [5, 5.41) is 5.31. The van der Waals surface area contributed by atoms with Gasteiger partial charge in [-0.1, -0.05) is 36.3 Å². The Bertz CT molecular complexity index is 993. The maximum Gasteiger partial charge on any atom is 0.410 e. The van der Waals surface area contributed by atoms with Crippen LogP contribution in [0.3, 0.4) is 0 Å². The fourth-order valence-electron chi connectivity index (χ4n) is 3.60.